The monoisotopic (exact) mass is 824 g/mol. The molecule has 0 amide bonds. The van der Waals surface area contributed by atoms with Crippen LogP contribution < -0.4 is 18.9 Å². The number of aryl methyl sites for hydroxylation is 2. The molecule has 0 aliphatic heterocycles. The second kappa shape index (κ2) is 23.7. The van der Waals surface area contributed by atoms with Crippen molar-refractivity contribution in [1.29, 1.82) is 0 Å². The van der Waals surface area contributed by atoms with E-state index in [1.165, 1.54) is 90.2 Å². The fourth-order valence-corrected chi connectivity index (χ4v) is 7.44. The molecule has 0 aromatic heterocycles. The molecule has 12 nitrogen and oxygen atoms in total. The quantitative estimate of drug-likeness (QED) is 0.0207. The average molecular weight is 825 g/mol. The summed E-state index contributed by atoms with van der Waals surface area (Å²) in [5.74, 6) is -0.881. The van der Waals surface area contributed by atoms with E-state index in [9.17, 15) is 29.8 Å². The Hall–Kier alpha value is -5.78. The Balaban J connectivity index is 1.48. The molecule has 0 radical (unpaired) electrons. The first kappa shape index (κ1) is 46.9. The largest absolute Gasteiger partial charge is 0.494 e. The van der Waals surface area contributed by atoms with Crippen molar-refractivity contribution in [3.8, 4) is 34.1 Å². The average Bonchev–Trinajstić information content (AvgIpc) is 3.21. The highest BCUT2D eigenvalue weighted by Crippen LogP contribution is 2.46. The van der Waals surface area contributed by atoms with Crippen molar-refractivity contribution in [1.82, 2.24) is 0 Å². The van der Waals surface area contributed by atoms with E-state index in [-0.39, 0.29) is 33.8 Å². The summed E-state index contributed by atoms with van der Waals surface area (Å²) in [6.45, 7) is 11.9. The van der Waals surface area contributed by atoms with Crippen molar-refractivity contribution in [2.45, 2.75) is 131 Å². The van der Waals surface area contributed by atoms with Gasteiger partial charge in [-0.3, -0.25) is 20.2 Å². The van der Waals surface area contributed by atoms with Crippen molar-refractivity contribution in [3.63, 3.8) is 0 Å². The van der Waals surface area contributed by atoms with E-state index < -0.39 is 33.2 Å². The van der Waals surface area contributed by atoms with Gasteiger partial charge >= 0.3 is 23.3 Å². The van der Waals surface area contributed by atoms with Gasteiger partial charge in [-0.1, -0.05) is 90.9 Å². The van der Waals surface area contributed by atoms with E-state index in [1.54, 1.807) is 62.4 Å². The highest BCUT2D eigenvalue weighted by molar-refractivity contribution is 5.94. The zero-order valence-electron chi connectivity index (χ0n) is 36.1. The number of hydrogen-bond donors (Lipinski definition) is 0. The molecule has 0 aliphatic rings. The van der Waals surface area contributed by atoms with Crippen molar-refractivity contribution < 1.29 is 38.4 Å². The Kier molecular flexibility index (Phi) is 18.5. The number of hydrogen-bond acceptors (Lipinski definition) is 10. The fourth-order valence-electron chi connectivity index (χ4n) is 7.44. The number of carbonyl (C=O) groups excluding carboxylic acids is 2. The SMILES string of the molecule is CCCCCCCCCOc1ccc(C(=O)Oc2cc(C)c(-c3c(C)cc(OC(=O)c4ccc(OCCCCCCCCC)cc4)c([N+](=O)[O-])c3C)c(C)c2[N+](=O)[O-])cc1. The smallest absolute Gasteiger partial charge is 0.343 e. The second-order valence-corrected chi connectivity index (χ2v) is 15.4. The summed E-state index contributed by atoms with van der Waals surface area (Å²) in [7, 11) is 0. The molecule has 0 aliphatic carbocycles. The molecule has 4 aromatic carbocycles. The summed E-state index contributed by atoms with van der Waals surface area (Å²) in [5, 5.41) is 25.1. The number of nitro groups is 2. The number of unbranched alkanes of at least 4 members (excludes halogenated alkanes) is 12. The van der Waals surface area contributed by atoms with Crippen LogP contribution in [0.2, 0.25) is 0 Å². The van der Waals surface area contributed by atoms with Crippen molar-refractivity contribution in [3.05, 3.63) is 114 Å². The molecular weight excluding hydrogens is 765 g/mol. The zero-order chi connectivity index (χ0) is 43.6. The Morgan fingerprint density at radius 3 is 1.13 bits per heavy atom. The lowest BCUT2D eigenvalue weighted by atomic mass is 9.87. The highest BCUT2D eigenvalue weighted by atomic mass is 16.6. The summed E-state index contributed by atoms with van der Waals surface area (Å²) < 4.78 is 22.9. The number of nitro benzene ring substituents is 2. The molecule has 0 bridgehead atoms. The van der Waals surface area contributed by atoms with Gasteiger partial charge in [-0.15, -0.1) is 0 Å². The molecule has 0 spiro atoms. The summed E-state index contributed by atoms with van der Waals surface area (Å²) in [6.07, 6.45) is 16.3. The van der Waals surface area contributed by atoms with E-state index in [0.717, 1.165) is 25.7 Å². The van der Waals surface area contributed by atoms with Gasteiger partial charge in [0.05, 0.1) is 34.2 Å². The van der Waals surface area contributed by atoms with Crippen LogP contribution in [0.4, 0.5) is 11.4 Å². The molecule has 12 heteroatoms. The molecule has 0 saturated heterocycles. The van der Waals surface area contributed by atoms with Crippen molar-refractivity contribution in [2.75, 3.05) is 13.2 Å². The zero-order valence-corrected chi connectivity index (χ0v) is 36.1. The van der Waals surface area contributed by atoms with E-state index >= 15 is 0 Å². The summed E-state index contributed by atoms with van der Waals surface area (Å²) in [6, 6.07) is 15.6. The maximum absolute atomic E-state index is 13.2. The van der Waals surface area contributed by atoms with E-state index in [2.05, 4.69) is 13.8 Å². The van der Waals surface area contributed by atoms with Crippen LogP contribution in [0.25, 0.3) is 11.1 Å². The lowest BCUT2D eigenvalue weighted by Gasteiger charge is -2.19. The molecule has 4 aromatic rings. The normalized spacial score (nSPS) is 11.0. The molecule has 0 heterocycles. The summed E-state index contributed by atoms with van der Waals surface area (Å²) in [5.41, 5.74) is 1.46. The molecule has 0 unspecified atom stereocenters. The van der Waals surface area contributed by atoms with Crippen LogP contribution in [0.3, 0.4) is 0 Å². The molecule has 0 atom stereocenters. The highest BCUT2D eigenvalue weighted by Gasteiger charge is 2.32. The van der Waals surface area contributed by atoms with Crippen molar-refractivity contribution in [2.24, 2.45) is 0 Å². The second-order valence-electron chi connectivity index (χ2n) is 15.4. The van der Waals surface area contributed by atoms with Crippen molar-refractivity contribution >= 4 is 23.3 Å². The van der Waals surface area contributed by atoms with Gasteiger partial charge in [0.25, 0.3) is 0 Å². The molecule has 322 valence electrons. The molecule has 0 saturated carbocycles. The molecule has 0 fully saturated rings. The van der Waals surface area contributed by atoms with E-state index in [0.29, 0.717) is 47.0 Å². The molecule has 60 heavy (non-hydrogen) atoms. The first-order valence-corrected chi connectivity index (χ1v) is 21.3. The predicted molar refractivity (Wildman–Crippen MR) is 234 cm³/mol. The number of benzene rings is 4. The van der Waals surface area contributed by atoms with Gasteiger partial charge in [0.1, 0.15) is 11.5 Å². The Bertz CT molecular complexity index is 1930. The van der Waals surface area contributed by atoms with E-state index in [4.69, 9.17) is 18.9 Å². The fraction of sp³-hybridized carbons (Fsp3) is 0.458. The van der Waals surface area contributed by atoms with Crippen LogP contribution in [-0.4, -0.2) is 35.0 Å². The third-order valence-electron chi connectivity index (χ3n) is 10.6. The number of rotatable bonds is 25. The minimum Gasteiger partial charge on any atom is -0.494 e. The van der Waals surface area contributed by atoms with Gasteiger partial charge in [0.2, 0.25) is 11.5 Å². The molecule has 4 rings (SSSR count). The number of carbonyl (C=O) groups is 2. The van der Waals surface area contributed by atoms with Gasteiger partial charge < -0.3 is 18.9 Å². The third-order valence-corrected chi connectivity index (χ3v) is 10.6. The van der Waals surface area contributed by atoms with Crippen LogP contribution in [0.15, 0.2) is 60.7 Å². The van der Waals surface area contributed by atoms with Gasteiger partial charge in [-0.25, -0.2) is 9.59 Å². The van der Waals surface area contributed by atoms with Crippen LogP contribution >= 0.6 is 0 Å². The van der Waals surface area contributed by atoms with Gasteiger partial charge in [0.15, 0.2) is 0 Å². The lowest BCUT2D eigenvalue weighted by molar-refractivity contribution is -0.386. The number of ether oxygens (including phenoxy) is 4. The molecule has 0 N–H and O–H groups in total. The van der Waals surface area contributed by atoms with Crippen LogP contribution in [0.1, 0.15) is 147 Å². The Morgan fingerprint density at radius 2 is 0.817 bits per heavy atom. The van der Waals surface area contributed by atoms with Gasteiger partial charge in [0, 0.05) is 11.1 Å². The lowest BCUT2D eigenvalue weighted by Crippen LogP contribution is -2.12. The maximum Gasteiger partial charge on any atom is 0.343 e. The van der Waals surface area contributed by atoms with E-state index in [1.807, 2.05) is 0 Å². The number of esters is 2. The van der Waals surface area contributed by atoms with Crippen LogP contribution in [0, 0.1) is 47.9 Å². The van der Waals surface area contributed by atoms with Crippen LogP contribution in [-0.2, 0) is 0 Å². The first-order valence-electron chi connectivity index (χ1n) is 21.3. The minimum atomic E-state index is -0.789. The topological polar surface area (TPSA) is 157 Å². The van der Waals surface area contributed by atoms with Gasteiger partial charge in [-0.2, -0.15) is 0 Å². The number of nitrogens with zero attached hydrogens (tertiary/aromatic N) is 2. The Labute approximate surface area is 353 Å². The first-order chi connectivity index (χ1) is 28.9. The minimum absolute atomic E-state index is 0.149. The maximum atomic E-state index is 13.2. The standard InChI is InChI=1S/C48H60N2O10/c1-7-9-11-13-15-17-19-29-57-39-25-21-37(22-26-39)47(51)59-41-31-33(3)43(35(5)45(41)49(53)54)44-34(4)32-42(46(36(44)6)50(55)56)60-48(52)38-23-27-40(28-24-38)58-30-20-18-16-14-12-10-8-2/h21-28,31-32H,7-20,29-30H2,1-6H3. The third kappa shape index (κ3) is 13.1. The predicted octanol–water partition coefficient (Wildman–Crippen LogP) is 13.1. The molecular formula is C48H60N2O10. The summed E-state index contributed by atoms with van der Waals surface area (Å²) in [4.78, 5) is 50.3. The van der Waals surface area contributed by atoms with Gasteiger partial charge in [-0.05, 0) is 123 Å². The van der Waals surface area contributed by atoms with Crippen LogP contribution in [0.5, 0.6) is 23.0 Å². The summed E-state index contributed by atoms with van der Waals surface area (Å²) >= 11 is 0. The Morgan fingerprint density at radius 1 is 0.500 bits per heavy atom.